The van der Waals surface area contributed by atoms with Gasteiger partial charge < -0.3 is 15.4 Å². The van der Waals surface area contributed by atoms with Gasteiger partial charge in [-0.05, 0) is 58.0 Å². The minimum atomic E-state index is -4.50. The summed E-state index contributed by atoms with van der Waals surface area (Å²) in [6, 6.07) is 12.4. The predicted molar refractivity (Wildman–Crippen MR) is 120 cm³/mol. The lowest BCUT2D eigenvalue weighted by atomic mass is 10.1. The molecule has 1 heterocycles. The summed E-state index contributed by atoms with van der Waals surface area (Å²) in [5, 5.41) is 8.63. The van der Waals surface area contributed by atoms with Crippen LogP contribution in [0.1, 0.15) is 41.2 Å². The summed E-state index contributed by atoms with van der Waals surface area (Å²) in [6.07, 6.45) is -4.50. The summed E-state index contributed by atoms with van der Waals surface area (Å²) >= 11 is 0. The van der Waals surface area contributed by atoms with Gasteiger partial charge in [-0.2, -0.15) is 13.2 Å². The maximum atomic E-state index is 13.0. The number of aromatic carboxylic acids is 1. The van der Waals surface area contributed by atoms with E-state index in [1.165, 1.54) is 60.0 Å². The molecule has 10 heteroatoms. The smallest absolute Gasteiger partial charge is 0.418 e. The molecule has 0 aliphatic carbocycles. The highest BCUT2D eigenvalue weighted by atomic mass is 32.2. The molecule has 3 aromatic rings. The van der Waals surface area contributed by atoms with E-state index in [1.54, 1.807) is 20.8 Å². The molecular formula is C23H24F3N2O4S-. The Balaban J connectivity index is 0.000000257. The molecule has 0 spiro atoms. The number of benzene rings is 2. The van der Waals surface area contributed by atoms with Crippen molar-refractivity contribution < 1.29 is 31.5 Å². The molecule has 2 N–H and O–H groups in total. The van der Waals surface area contributed by atoms with Gasteiger partial charge in [0.2, 0.25) is 0 Å². The lowest BCUT2D eigenvalue weighted by Gasteiger charge is -2.16. The largest absolute Gasteiger partial charge is 0.699 e. The zero-order valence-electron chi connectivity index (χ0n) is 18.4. The Hall–Kier alpha value is -3.27. The maximum Gasteiger partial charge on any atom is 0.418 e. The molecular weight excluding hydrogens is 457 g/mol. The summed E-state index contributed by atoms with van der Waals surface area (Å²) in [7, 11) is -3.18. The normalized spacial score (nSPS) is 11.8. The van der Waals surface area contributed by atoms with Crippen LogP contribution >= 0.6 is 0 Å². The minimum Gasteiger partial charge on any atom is -0.699 e. The fourth-order valence-electron chi connectivity index (χ4n) is 3.18. The van der Waals surface area contributed by atoms with Gasteiger partial charge in [0.05, 0.1) is 27.0 Å². The lowest BCUT2D eigenvalue weighted by Crippen LogP contribution is -2.13. The van der Waals surface area contributed by atoms with Crippen molar-refractivity contribution in [3.05, 3.63) is 82.8 Å². The van der Waals surface area contributed by atoms with Crippen LogP contribution in [0.3, 0.4) is 0 Å². The number of carbonyl (C=O) groups is 1. The van der Waals surface area contributed by atoms with Gasteiger partial charge in [0.1, 0.15) is 0 Å². The number of aromatic nitrogens is 1. The summed E-state index contributed by atoms with van der Waals surface area (Å²) in [5.41, 5.74) is 7.38. The van der Waals surface area contributed by atoms with Gasteiger partial charge in [-0.1, -0.05) is 24.3 Å². The number of aryl methyl sites for hydroxylation is 1. The molecule has 0 saturated heterocycles. The molecule has 0 aliphatic rings. The maximum absolute atomic E-state index is 13.0. The van der Waals surface area contributed by atoms with Crippen LogP contribution in [0, 0.1) is 13.8 Å². The van der Waals surface area contributed by atoms with Gasteiger partial charge in [-0.25, -0.2) is 13.2 Å². The molecule has 0 saturated carbocycles. The van der Waals surface area contributed by atoms with Crippen LogP contribution in [-0.2, 0) is 16.0 Å². The van der Waals surface area contributed by atoms with Gasteiger partial charge in [-0.3, -0.25) is 0 Å². The average molecular weight is 482 g/mol. The Morgan fingerprint density at radius 1 is 1.03 bits per heavy atom. The first-order valence-electron chi connectivity index (χ1n) is 9.82. The molecule has 0 aliphatic heterocycles. The van der Waals surface area contributed by atoms with Crippen molar-refractivity contribution in [3.63, 3.8) is 0 Å². The van der Waals surface area contributed by atoms with E-state index in [1.807, 2.05) is 0 Å². The third-order valence-corrected chi connectivity index (χ3v) is 7.09. The zero-order chi connectivity index (χ0) is 25.1. The van der Waals surface area contributed by atoms with Crippen LogP contribution in [0.25, 0.3) is 11.4 Å². The molecule has 0 radical (unpaired) electrons. The summed E-state index contributed by atoms with van der Waals surface area (Å²) in [4.78, 5) is 11.4. The minimum absolute atomic E-state index is 0.000484. The van der Waals surface area contributed by atoms with E-state index in [2.05, 4.69) is 0 Å². The van der Waals surface area contributed by atoms with E-state index in [4.69, 9.17) is 10.8 Å². The van der Waals surface area contributed by atoms with Crippen molar-refractivity contribution in [2.24, 2.45) is 0 Å². The van der Waals surface area contributed by atoms with Crippen LogP contribution in [0.2, 0.25) is 0 Å². The highest BCUT2D eigenvalue weighted by molar-refractivity contribution is 7.92. The second-order valence-electron chi connectivity index (χ2n) is 7.56. The number of hydrogen-bond donors (Lipinski definition) is 1. The van der Waals surface area contributed by atoms with Gasteiger partial charge in [0.15, 0.2) is 9.84 Å². The highest BCUT2D eigenvalue weighted by Crippen LogP contribution is 2.35. The van der Waals surface area contributed by atoms with Crippen LogP contribution in [0.5, 0.6) is 0 Å². The summed E-state index contributed by atoms with van der Waals surface area (Å²) < 4.78 is 63.6. The SMILES string of the molecule is CC(C)S(=O)(=O)c1ccc([NH-])cc1.Cc1cc(C(=O)O)c(C)n1-c1ccccc1C(F)(F)F. The van der Waals surface area contributed by atoms with Gasteiger partial charge in [-0.15, -0.1) is 5.69 Å². The van der Waals surface area contributed by atoms with Crippen molar-refractivity contribution in [1.29, 1.82) is 0 Å². The van der Waals surface area contributed by atoms with Gasteiger partial charge in [0.25, 0.3) is 0 Å². The molecule has 0 amide bonds. The van der Waals surface area contributed by atoms with Crippen LogP contribution < -0.4 is 0 Å². The first kappa shape index (κ1) is 26.0. The van der Waals surface area contributed by atoms with E-state index < -0.39 is 32.8 Å². The molecule has 0 atom stereocenters. The Morgan fingerprint density at radius 3 is 2.03 bits per heavy atom. The molecule has 178 valence electrons. The van der Waals surface area contributed by atoms with E-state index in [0.29, 0.717) is 16.3 Å². The highest BCUT2D eigenvalue weighted by Gasteiger charge is 2.34. The Kier molecular flexibility index (Phi) is 7.64. The number of para-hydroxylation sites is 1. The van der Waals surface area contributed by atoms with Crippen LogP contribution in [0.4, 0.5) is 18.9 Å². The van der Waals surface area contributed by atoms with Gasteiger partial charge >= 0.3 is 12.1 Å². The Morgan fingerprint density at radius 2 is 1.58 bits per heavy atom. The standard InChI is InChI=1S/C14H12F3NO2.C9H12NO2S/c1-8-7-10(13(19)20)9(2)18(8)12-6-4-3-5-11(12)14(15,16)17;1-7(2)13(11,12)9-5-3-8(10)4-6-9/h3-7H,1-2H3,(H,19,20);3-7,10H,1-2H3/q;-1. The number of alkyl halides is 3. The fraction of sp³-hybridized carbons (Fsp3) is 0.261. The lowest BCUT2D eigenvalue weighted by molar-refractivity contribution is -0.137. The summed E-state index contributed by atoms with van der Waals surface area (Å²) in [5.74, 6) is -1.16. The van der Waals surface area contributed by atoms with Crippen molar-refractivity contribution in [3.8, 4) is 5.69 Å². The molecule has 6 nitrogen and oxygen atoms in total. The third-order valence-electron chi connectivity index (χ3n) is 4.92. The molecule has 0 unspecified atom stereocenters. The first-order chi connectivity index (χ1) is 15.2. The number of rotatable bonds is 4. The number of carboxylic acid groups (broad SMARTS) is 1. The van der Waals surface area contributed by atoms with E-state index >= 15 is 0 Å². The summed E-state index contributed by atoms with van der Waals surface area (Å²) in [6.45, 7) is 6.35. The zero-order valence-corrected chi connectivity index (χ0v) is 19.3. The number of nitrogens with one attached hydrogen (secondary N) is 1. The molecule has 0 bridgehead atoms. The quantitative estimate of drug-likeness (QED) is 0.468. The monoisotopic (exact) mass is 481 g/mol. The number of halogens is 3. The number of sulfone groups is 1. The van der Waals surface area contributed by atoms with E-state index in [-0.39, 0.29) is 16.9 Å². The predicted octanol–water partition coefficient (Wildman–Crippen LogP) is 6.36. The van der Waals surface area contributed by atoms with E-state index in [9.17, 15) is 26.4 Å². The molecule has 1 aromatic heterocycles. The van der Waals surface area contributed by atoms with E-state index in [0.717, 1.165) is 6.07 Å². The van der Waals surface area contributed by atoms with Crippen molar-refractivity contribution in [1.82, 2.24) is 4.57 Å². The first-order valence-corrected chi connectivity index (χ1v) is 11.4. The third kappa shape index (κ3) is 5.75. The molecule has 33 heavy (non-hydrogen) atoms. The second kappa shape index (κ2) is 9.70. The van der Waals surface area contributed by atoms with Crippen molar-refractivity contribution in [2.75, 3.05) is 0 Å². The van der Waals surface area contributed by atoms with Crippen molar-refractivity contribution in [2.45, 2.75) is 44.0 Å². The van der Waals surface area contributed by atoms with Crippen molar-refractivity contribution >= 4 is 21.5 Å². The number of carboxylic acids is 1. The molecule has 2 aromatic carbocycles. The number of hydrogen-bond acceptors (Lipinski definition) is 3. The van der Waals surface area contributed by atoms with Gasteiger partial charge in [0, 0.05) is 11.4 Å². The molecule has 0 fully saturated rings. The molecule has 3 rings (SSSR count). The average Bonchev–Trinajstić information content (AvgIpc) is 3.02. The Labute approximate surface area is 190 Å². The Bertz CT molecular complexity index is 1250. The van der Waals surface area contributed by atoms with Crippen LogP contribution in [-0.4, -0.2) is 29.3 Å². The number of nitrogens with zero attached hydrogens (tertiary/aromatic N) is 1. The second-order valence-corrected chi connectivity index (χ2v) is 10.1. The fourth-order valence-corrected chi connectivity index (χ4v) is 4.23. The topological polar surface area (TPSA) is 100 Å². The van der Waals surface area contributed by atoms with Crippen LogP contribution in [0.15, 0.2) is 59.5 Å².